The summed E-state index contributed by atoms with van der Waals surface area (Å²) < 4.78 is 21.8. The van der Waals surface area contributed by atoms with Gasteiger partial charge in [-0.2, -0.15) is 0 Å². The summed E-state index contributed by atoms with van der Waals surface area (Å²) in [4.78, 5) is 4.03. The van der Waals surface area contributed by atoms with Crippen LogP contribution in [0.5, 0.6) is 11.5 Å². The van der Waals surface area contributed by atoms with Gasteiger partial charge in [0.2, 0.25) is 0 Å². The van der Waals surface area contributed by atoms with E-state index in [1.165, 1.54) is 17.6 Å². The average Bonchev–Trinajstić information content (AvgIpc) is 2.89. The van der Waals surface area contributed by atoms with Crippen LogP contribution >= 0.6 is 12.2 Å². The second kappa shape index (κ2) is 5.82. The Morgan fingerprint density at radius 3 is 2.95 bits per heavy atom. The number of aromatic nitrogens is 2. The van der Waals surface area contributed by atoms with Crippen molar-refractivity contribution in [2.45, 2.75) is 6.61 Å². The van der Waals surface area contributed by atoms with E-state index in [0.29, 0.717) is 22.5 Å². The van der Waals surface area contributed by atoms with E-state index in [1.807, 2.05) is 19.3 Å². The zero-order chi connectivity index (χ0) is 15.7. The van der Waals surface area contributed by atoms with E-state index in [2.05, 4.69) is 4.98 Å². The van der Waals surface area contributed by atoms with Gasteiger partial charge in [-0.3, -0.25) is 4.98 Å². The van der Waals surface area contributed by atoms with Crippen LogP contribution in [0, 0.1) is 5.82 Å². The van der Waals surface area contributed by atoms with Crippen LogP contribution in [0.4, 0.5) is 4.39 Å². The molecule has 3 aromatic rings. The maximum atomic E-state index is 14.4. The lowest BCUT2D eigenvalue weighted by molar-refractivity contribution is 0.276. The Hall–Kier alpha value is -2.31. The highest BCUT2D eigenvalue weighted by Gasteiger charge is 2.17. The van der Waals surface area contributed by atoms with Crippen LogP contribution in [0.3, 0.4) is 0 Å². The smallest absolute Gasteiger partial charge is 0.169 e. The predicted molar refractivity (Wildman–Crippen MR) is 85.9 cm³/mol. The molecular formula is C16H13FN2O2S. The maximum Gasteiger partial charge on any atom is 0.169 e. The highest BCUT2D eigenvalue weighted by atomic mass is 32.1. The summed E-state index contributed by atoms with van der Waals surface area (Å²) in [6.07, 6.45) is 3.34. The van der Waals surface area contributed by atoms with Crippen molar-refractivity contribution in [2.24, 2.45) is 7.05 Å². The number of thiocarbonyl (C=S) groups is 1. The van der Waals surface area contributed by atoms with Gasteiger partial charge in [-0.05, 0) is 12.1 Å². The van der Waals surface area contributed by atoms with E-state index in [-0.39, 0.29) is 12.4 Å². The van der Waals surface area contributed by atoms with Crippen LogP contribution in [0.25, 0.3) is 10.9 Å². The van der Waals surface area contributed by atoms with Crippen molar-refractivity contribution in [1.29, 1.82) is 0 Å². The van der Waals surface area contributed by atoms with E-state index in [4.69, 9.17) is 17.0 Å². The molecule has 0 saturated carbocycles. The molecule has 4 nitrogen and oxygen atoms in total. The summed E-state index contributed by atoms with van der Waals surface area (Å²) in [6.45, 7) is -0.321. The van der Waals surface area contributed by atoms with Crippen molar-refractivity contribution in [2.75, 3.05) is 0 Å². The number of hydrogen-bond acceptors (Lipinski definition) is 4. The summed E-state index contributed by atoms with van der Waals surface area (Å²) in [5, 5.41) is 11.8. The number of aliphatic hydroxyl groups excluding tert-OH is 1. The van der Waals surface area contributed by atoms with Crippen LogP contribution in [0.15, 0.2) is 36.7 Å². The first-order valence-corrected chi connectivity index (χ1v) is 7.07. The number of nitrogens with zero attached hydrogens (tertiary/aromatic N) is 2. The molecular weight excluding hydrogens is 303 g/mol. The fourth-order valence-corrected chi connectivity index (χ4v) is 2.50. The number of aliphatic hydroxyl groups is 1. The molecule has 0 bridgehead atoms. The zero-order valence-electron chi connectivity index (χ0n) is 11.8. The normalized spacial score (nSPS) is 10.9. The van der Waals surface area contributed by atoms with Crippen molar-refractivity contribution in [1.82, 2.24) is 9.55 Å². The minimum absolute atomic E-state index is 0.0164. The van der Waals surface area contributed by atoms with Gasteiger partial charge in [0, 0.05) is 47.9 Å². The zero-order valence-corrected chi connectivity index (χ0v) is 12.6. The Morgan fingerprint density at radius 2 is 2.23 bits per heavy atom. The Balaban J connectivity index is 2.13. The van der Waals surface area contributed by atoms with E-state index in [1.54, 1.807) is 16.7 Å². The standard InChI is InChI=1S/C16H13FN2O2S/c1-19-5-3-12-13(8-20)16(14(17)7-15(12)19)21-11-2-4-18-10(6-11)9-22/h2-7,9,20H,8H2,1H3. The minimum Gasteiger partial charge on any atom is -0.454 e. The average molecular weight is 316 g/mol. The molecule has 0 atom stereocenters. The third-order valence-corrected chi connectivity index (χ3v) is 3.69. The molecule has 22 heavy (non-hydrogen) atoms. The number of ether oxygens (including phenoxy) is 1. The Kier molecular flexibility index (Phi) is 3.87. The summed E-state index contributed by atoms with van der Waals surface area (Å²) in [5.74, 6) is -0.100. The topological polar surface area (TPSA) is 47.3 Å². The first-order chi connectivity index (χ1) is 10.6. The lowest BCUT2D eigenvalue weighted by Gasteiger charge is -2.13. The molecule has 0 fully saturated rings. The van der Waals surface area contributed by atoms with E-state index in [0.717, 1.165) is 5.39 Å². The van der Waals surface area contributed by atoms with Crippen molar-refractivity contribution in [3.8, 4) is 11.5 Å². The van der Waals surface area contributed by atoms with Crippen molar-refractivity contribution in [3.05, 3.63) is 53.7 Å². The lowest BCUT2D eigenvalue weighted by Crippen LogP contribution is -1.98. The molecule has 0 aliphatic heterocycles. The number of rotatable bonds is 4. The first kappa shape index (κ1) is 14.6. The Morgan fingerprint density at radius 1 is 1.41 bits per heavy atom. The van der Waals surface area contributed by atoms with E-state index < -0.39 is 5.82 Å². The highest BCUT2D eigenvalue weighted by Crippen LogP contribution is 2.34. The van der Waals surface area contributed by atoms with Crippen LogP contribution in [-0.4, -0.2) is 20.0 Å². The molecule has 1 aromatic carbocycles. The summed E-state index contributed by atoms with van der Waals surface area (Å²) in [6, 6.07) is 6.44. The molecule has 0 unspecified atom stereocenters. The number of benzene rings is 1. The van der Waals surface area contributed by atoms with Crippen LogP contribution in [0.2, 0.25) is 0 Å². The molecule has 0 radical (unpaired) electrons. The van der Waals surface area contributed by atoms with Gasteiger partial charge in [0.1, 0.15) is 5.75 Å². The molecule has 0 aliphatic carbocycles. The summed E-state index contributed by atoms with van der Waals surface area (Å²) in [7, 11) is 1.82. The number of halogens is 1. The first-order valence-electron chi connectivity index (χ1n) is 6.60. The van der Waals surface area contributed by atoms with Gasteiger partial charge in [-0.15, -0.1) is 0 Å². The molecule has 0 saturated heterocycles. The molecule has 112 valence electrons. The number of hydrogen-bond donors (Lipinski definition) is 1. The van der Waals surface area contributed by atoms with Crippen LogP contribution in [0.1, 0.15) is 11.3 Å². The molecule has 3 rings (SSSR count). The maximum absolute atomic E-state index is 14.4. The highest BCUT2D eigenvalue weighted by molar-refractivity contribution is 7.79. The monoisotopic (exact) mass is 316 g/mol. The van der Waals surface area contributed by atoms with Gasteiger partial charge >= 0.3 is 0 Å². The second-order valence-electron chi connectivity index (χ2n) is 4.82. The number of fused-ring (bicyclic) bond motifs is 1. The van der Waals surface area contributed by atoms with Crippen LogP contribution in [-0.2, 0) is 13.7 Å². The fourth-order valence-electron chi connectivity index (χ4n) is 2.37. The SMILES string of the molecule is Cn1ccc2c(CO)c(Oc3ccnc(C=S)c3)c(F)cc21. The number of aryl methyl sites for hydroxylation is 1. The molecule has 0 spiro atoms. The minimum atomic E-state index is -0.529. The molecule has 1 N–H and O–H groups in total. The predicted octanol–water partition coefficient (Wildman–Crippen LogP) is 3.34. The van der Waals surface area contributed by atoms with Gasteiger partial charge < -0.3 is 14.4 Å². The molecule has 2 heterocycles. The lowest BCUT2D eigenvalue weighted by atomic mass is 10.1. The molecule has 2 aromatic heterocycles. The largest absolute Gasteiger partial charge is 0.454 e. The van der Waals surface area contributed by atoms with Crippen molar-refractivity contribution in [3.63, 3.8) is 0 Å². The van der Waals surface area contributed by atoms with Gasteiger partial charge in [0.25, 0.3) is 0 Å². The van der Waals surface area contributed by atoms with E-state index in [9.17, 15) is 9.50 Å². The quantitative estimate of drug-likeness (QED) is 0.750. The molecule has 0 amide bonds. The second-order valence-corrected chi connectivity index (χ2v) is 5.06. The van der Waals surface area contributed by atoms with Crippen LogP contribution < -0.4 is 4.74 Å². The van der Waals surface area contributed by atoms with Crippen molar-refractivity contribution >= 4 is 28.5 Å². The van der Waals surface area contributed by atoms with Gasteiger partial charge in [0.05, 0.1) is 17.8 Å². The fraction of sp³-hybridized carbons (Fsp3) is 0.125. The third-order valence-electron chi connectivity index (χ3n) is 3.45. The third kappa shape index (κ3) is 2.47. The summed E-state index contributed by atoms with van der Waals surface area (Å²) in [5.41, 5.74) is 1.67. The van der Waals surface area contributed by atoms with E-state index >= 15 is 0 Å². The van der Waals surface area contributed by atoms with Gasteiger partial charge in [-0.25, -0.2) is 4.39 Å². The van der Waals surface area contributed by atoms with Gasteiger partial charge in [0.15, 0.2) is 11.6 Å². The number of pyridine rings is 1. The van der Waals surface area contributed by atoms with Gasteiger partial charge in [-0.1, -0.05) is 12.2 Å². The Labute approximate surface area is 131 Å². The Bertz CT molecular complexity index is 861. The van der Waals surface area contributed by atoms with Crippen molar-refractivity contribution < 1.29 is 14.2 Å². The molecule has 0 aliphatic rings. The summed E-state index contributed by atoms with van der Waals surface area (Å²) >= 11 is 4.82. The molecule has 6 heteroatoms.